The van der Waals surface area contributed by atoms with E-state index in [1.165, 1.54) is 0 Å². The Kier molecular flexibility index (Phi) is 5.64. The Morgan fingerprint density at radius 3 is 1.90 bits per heavy atom. The van der Waals surface area contributed by atoms with Crippen molar-refractivity contribution in [1.29, 1.82) is 0 Å². The number of fused-ring (bicyclic) bond motifs is 4. The Morgan fingerprint density at radius 1 is 0.438 bits per heavy atom. The zero-order valence-electron chi connectivity index (χ0n) is 31.0. The maximum atomic E-state index is 8.90. The van der Waals surface area contributed by atoms with Gasteiger partial charge in [-0.25, -0.2) is 0 Å². The summed E-state index contributed by atoms with van der Waals surface area (Å²) in [6.45, 7) is 0. The van der Waals surface area contributed by atoms with Crippen LogP contribution in [0.4, 0.5) is 17.1 Å². The number of rotatable bonds is 6. The highest BCUT2D eigenvalue weighted by atomic mass is 15.1. The molecule has 0 unspecified atom stereocenters. The van der Waals surface area contributed by atoms with Gasteiger partial charge in [0, 0.05) is 33.1 Å². The van der Waals surface area contributed by atoms with Gasteiger partial charge in [-0.3, -0.25) is 0 Å². The standard InChI is InChI=1S/C46H32N2/c1-3-15-33(16-4-1)34-29-31-37(32-30-34)47(42-27-13-18-35-17-7-8-21-38(35)42)43-25-11-9-22-39(43)40-24-14-28-45-46(40)41-23-10-12-26-44(41)48(45)36-19-5-2-6-20-36/h1-32H/i2D,5D,6D,19D,20D. The van der Waals surface area contributed by atoms with E-state index in [1.54, 1.807) is 0 Å². The van der Waals surface area contributed by atoms with E-state index in [9.17, 15) is 0 Å². The lowest BCUT2D eigenvalue weighted by Crippen LogP contribution is -2.11. The summed E-state index contributed by atoms with van der Waals surface area (Å²) in [6.07, 6.45) is 0. The Balaban J connectivity index is 1.32. The van der Waals surface area contributed by atoms with Crippen LogP contribution in [0.25, 0.3) is 60.5 Å². The summed E-state index contributed by atoms with van der Waals surface area (Å²) < 4.78 is 44.8. The fraction of sp³-hybridized carbons (Fsp3) is 0. The van der Waals surface area contributed by atoms with Crippen LogP contribution in [0.1, 0.15) is 6.85 Å². The highest BCUT2D eigenvalue weighted by Crippen LogP contribution is 2.46. The molecule has 0 bridgehead atoms. The molecule has 2 nitrogen and oxygen atoms in total. The lowest BCUT2D eigenvalue weighted by molar-refractivity contribution is 1.18. The van der Waals surface area contributed by atoms with Crippen molar-refractivity contribution >= 4 is 49.6 Å². The molecule has 1 heterocycles. The van der Waals surface area contributed by atoms with Crippen LogP contribution in [0, 0.1) is 0 Å². The first-order chi connectivity index (χ1) is 25.9. The van der Waals surface area contributed by atoms with Crippen LogP contribution in [0.2, 0.25) is 0 Å². The van der Waals surface area contributed by atoms with E-state index in [4.69, 9.17) is 6.85 Å². The number of anilines is 3. The molecule has 226 valence electrons. The predicted molar refractivity (Wildman–Crippen MR) is 204 cm³/mol. The van der Waals surface area contributed by atoms with Gasteiger partial charge < -0.3 is 9.47 Å². The van der Waals surface area contributed by atoms with Gasteiger partial charge in [-0.15, -0.1) is 0 Å². The van der Waals surface area contributed by atoms with Crippen LogP contribution in [-0.4, -0.2) is 4.57 Å². The third-order valence-corrected chi connectivity index (χ3v) is 9.08. The zero-order valence-corrected chi connectivity index (χ0v) is 26.0. The van der Waals surface area contributed by atoms with Crippen molar-refractivity contribution < 1.29 is 6.85 Å². The second kappa shape index (κ2) is 11.8. The molecular formula is C46H32N2. The molecular weight excluding hydrogens is 581 g/mol. The Hall–Kier alpha value is -6.38. The third kappa shape index (κ3) is 4.66. The molecule has 0 saturated carbocycles. The normalized spacial score (nSPS) is 12.8. The summed E-state index contributed by atoms with van der Waals surface area (Å²) in [5.41, 5.74) is 8.89. The van der Waals surface area contributed by atoms with E-state index >= 15 is 0 Å². The minimum atomic E-state index is -0.413. The Morgan fingerprint density at radius 2 is 1.04 bits per heavy atom. The Bertz CT molecular complexity index is 2810. The SMILES string of the molecule is [2H]c1c([2H])c([2H])c(-n2c3ccccc3c3c(-c4ccccc4N(c4ccc(-c5ccccc5)cc4)c4cccc5ccccc45)cccc32)c([2H])c1[2H]. The van der Waals surface area contributed by atoms with Crippen LogP contribution in [0.15, 0.2) is 194 Å². The van der Waals surface area contributed by atoms with Crippen LogP contribution < -0.4 is 4.90 Å². The molecule has 0 aliphatic carbocycles. The minimum Gasteiger partial charge on any atom is -0.309 e. The molecule has 0 amide bonds. The van der Waals surface area contributed by atoms with E-state index in [2.05, 4.69) is 120 Å². The van der Waals surface area contributed by atoms with Crippen molar-refractivity contribution in [3.63, 3.8) is 0 Å². The van der Waals surface area contributed by atoms with Crippen molar-refractivity contribution in [3.05, 3.63) is 194 Å². The van der Waals surface area contributed by atoms with E-state index in [1.807, 2.05) is 53.1 Å². The number of benzene rings is 8. The van der Waals surface area contributed by atoms with Gasteiger partial charge in [0.25, 0.3) is 0 Å². The molecule has 9 aromatic rings. The molecule has 8 aromatic carbocycles. The average Bonchev–Trinajstić information content (AvgIpc) is 3.55. The van der Waals surface area contributed by atoms with Crippen LogP contribution in [0.5, 0.6) is 0 Å². The van der Waals surface area contributed by atoms with Crippen molar-refractivity contribution in [1.82, 2.24) is 4.57 Å². The fourth-order valence-corrected chi connectivity index (χ4v) is 6.98. The van der Waals surface area contributed by atoms with E-state index in [0.29, 0.717) is 0 Å². The van der Waals surface area contributed by atoms with Crippen molar-refractivity contribution in [2.24, 2.45) is 0 Å². The van der Waals surface area contributed by atoms with Gasteiger partial charge in [0.05, 0.1) is 29.3 Å². The van der Waals surface area contributed by atoms with Gasteiger partial charge in [0.15, 0.2) is 0 Å². The largest absolute Gasteiger partial charge is 0.309 e. The maximum absolute atomic E-state index is 8.90. The van der Waals surface area contributed by atoms with Crippen LogP contribution in [-0.2, 0) is 0 Å². The Labute approximate surface area is 287 Å². The van der Waals surface area contributed by atoms with Gasteiger partial charge in [0.1, 0.15) is 0 Å². The second-order valence-corrected chi connectivity index (χ2v) is 11.8. The van der Waals surface area contributed by atoms with E-state index in [0.717, 1.165) is 71.9 Å². The summed E-state index contributed by atoms with van der Waals surface area (Å²) in [6, 6.07) is 54.6. The molecule has 0 fully saturated rings. The van der Waals surface area contributed by atoms with Crippen molar-refractivity contribution in [3.8, 4) is 27.9 Å². The number of para-hydroxylation sites is 3. The molecule has 48 heavy (non-hydrogen) atoms. The summed E-state index contributed by atoms with van der Waals surface area (Å²) in [4.78, 5) is 2.32. The third-order valence-electron chi connectivity index (χ3n) is 9.08. The molecule has 9 rings (SSSR count). The van der Waals surface area contributed by atoms with E-state index < -0.39 is 6.04 Å². The summed E-state index contributed by atoms with van der Waals surface area (Å²) >= 11 is 0. The molecule has 2 heteroatoms. The lowest BCUT2D eigenvalue weighted by atomic mass is 9.96. The van der Waals surface area contributed by atoms with Crippen LogP contribution >= 0.6 is 0 Å². The first-order valence-electron chi connectivity index (χ1n) is 18.5. The molecule has 0 aliphatic rings. The molecule has 0 atom stereocenters. The lowest BCUT2D eigenvalue weighted by Gasteiger charge is -2.29. The maximum Gasteiger partial charge on any atom is 0.0645 e. The van der Waals surface area contributed by atoms with Gasteiger partial charge in [0.2, 0.25) is 0 Å². The summed E-state index contributed by atoms with van der Waals surface area (Å²) in [5.74, 6) is 0. The monoisotopic (exact) mass is 617 g/mol. The molecule has 0 radical (unpaired) electrons. The number of nitrogens with zero attached hydrogens (tertiary/aromatic N) is 2. The zero-order chi connectivity index (χ0) is 36.2. The molecule has 0 N–H and O–H groups in total. The molecule has 0 saturated heterocycles. The fourth-order valence-electron chi connectivity index (χ4n) is 6.98. The average molecular weight is 618 g/mol. The van der Waals surface area contributed by atoms with Gasteiger partial charge in [-0.05, 0) is 70.6 Å². The molecule has 0 spiro atoms. The number of aromatic nitrogens is 1. The summed E-state index contributed by atoms with van der Waals surface area (Å²) in [7, 11) is 0. The predicted octanol–water partition coefficient (Wildman–Crippen LogP) is 12.7. The topological polar surface area (TPSA) is 8.17 Å². The highest BCUT2D eigenvalue weighted by molar-refractivity contribution is 6.17. The highest BCUT2D eigenvalue weighted by Gasteiger charge is 2.22. The summed E-state index contributed by atoms with van der Waals surface area (Å²) in [5, 5.41) is 4.11. The smallest absolute Gasteiger partial charge is 0.0645 e. The van der Waals surface area contributed by atoms with Crippen LogP contribution in [0.3, 0.4) is 0 Å². The van der Waals surface area contributed by atoms with Crippen molar-refractivity contribution in [2.45, 2.75) is 0 Å². The first kappa shape index (κ1) is 23.0. The number of hydrogen-bond acceptors (Lipinski definition) is 1. The van der Waals surface area contributed by atoms with E-state index in [-0.39, 0.29) is 29.9 Å². The minimum absolute atomic E-state index is 0.128. The van der Waals surface area contributed by atoms with Gasteiger partial charge >= 0.3 is 0 Å². The van der Waals surface area contributed by atoms with Crippen molar-refractivity contribution in [2.75, 3.05) is 4.90 Å². The van der Waals surface area contributed by atoms with Gasteiger partial charge in [-0.1, -0.05) is 146 Å². The second-order valence-electron chi connectivity index (χ2n) is 11.8. The first-order valence-corrected chi connectivity index (χ1v) is 16.0. The quantitative estimate of drug-likeness (QED) is 0.180. The van der Waals surface area contributed by atoms with Gasteiger partial charge in [-0.2, -0.15) is 0 Å². The molecule has 0 aliphatic heterocycles. The molecule has 1 aromatic heterocycles. The number of hydrogen-bond donors (Lipinski definition) is 0.